The van der Waals surface area contributed by atoms with Crippen LogP contribution in [0.15, 0.2) is 24.4 Å². The second-order valence-electron chi connectivity index (χ2n) is 3.21. The number of carboxylic acids is 2. The number of fused-ring (bicyclic) bond motifs is 1. The fourth-order valence-electron chi connectivity index (χ4n) is 1.52. The second-order valence-corrected chi connectivity index (χ2v) is 3.21. The van der Waals surface area contributed by atoms with Crippen molar-refractivity contribution in [3.8, 4) is 0 Å². The maximum Gasteiger partial charge on any atom is 0.356 e. The molecule has 0 aliphatic rings. The lowest BCUT2D eigenvalue weighted by atomic mass is 10.3. The van der Waals surface area contributed by atoms with E-state index in [9.17, 15) is 9.59 Å². The molecule has 2 aromatic heterocycles. The van der Waals surface area contributed by atoms with Gasteiger partial charge in [0.2, 0.25) is 0 Å². The summed E-state index contributed by atoms with van der Waals surface area (Å²) in [7, 11) is 0. The van der Waals surface area contributed by atoms with Gasteiger partial charge in [0.25, 0.3) is 0 Å². The van der Waals surface area contributed by atoms with E-state index in [4.69, 9.17) is 10.2 Å². The minimum Gasteiger partial charge on any atom is -0.481 e. The smallest absolute Gasteiger partial charge is 0.356 e. The summed E-state index contributed by atoms with van der Waals surface area (Å²) in [6, 6.07) is 4.95. The van der Waals surface area contributed by atoms with Crippen LogP contribution in [0, 0.1) is 0 Å². The summed E-state index contributed by atoms with van der Waals surface area (Å²) in [6.45, 7) is 0. The molecule has 2 N–H and O–H groups in total. The van der Waals surface area contributed by atoms with E-state index in [1.165, 1.54) is 4.40 Å². The normalized spacial score (nSPS) is 10.5. The molecule has 2 aromatic rings. The van der Waals surface area contributed by atoms with E-state index >= 15 is 0 Å². The van der Waals surface area contributed by atoms with Crippen LogP contribution < -0.4 is 0 Å². The van der Waals surface area contributed by atoms with E-state index in [2.05, 4.69) is 4.98 Å². The monoisotopic (exact) mass is 220 g/mol. The largest absolute Gasteiger partial charge is 0.481 e. The molecule has 0 aliphatic heterocycles. The molecule has 0 radical (unpaired) electrons. The Labute approximate surface area is 89.8 Å². The summed E-state index contributed by atoms with van der Waals surface area (Å²) in [5.74, 6) is -2.01. The highest BCUT2D eigenvalue weighted by molar-refractivity contribution is 5.93. The molecule has 16 heavy (non-hydrogen) atoms. The van der Waals surface area contributed by atoms with Crippen molar-refractivity contribution in [3.05, 3.63) is 35.9 Å². The predicted molar refractivity (Wildman–Crippen MR) is 53.5 cm³/mol. The van der Waals surface area contributed by atoms with Gasteiger partial charge in [0, 0.05) is 6.20 Å². The lowest BCUT2D eigenvalue weighted by molar-refractivity contribution is -0.136. The third kappa shape index (κ3) is 1.60. The Morgan fingerprint density at radius 1 is 1.31 bits per heavy atom. The van der Waals surface area contributed by atoms with Gasteiger partial charge < -0.3 is 14.6 Å². The van der Waals surface area contributed by atoms with E-state index in [0.29, 0.717) is 5.52 Å². The Morgan fingerprint density at radius 2 is 2.06 bits per heavy atom. The van der Waals surface area contributed by atoms with Crippen LogP contribution in [0.5, 0.6) is 0 Å². The number of pyridine rings is 1. The lowest BCUT2D eigenvalue weighted by Gasteiger charge is -1.96. The molecular weight excluding hydrogens is 212 g/mol. The van der Waals surface area contributed by atoms with Gasteiger partial charge in [-0.05, 0) is 12.1 Å². The van der Waals surface area contributed by atoms with Gasteiger partial charge in [-0.15, -0.1) is 0 Å². The molecule has 0 saturated carbocycles. The van der Waals surface area contributed by atoms with Crippen molar-refractivity contribution < 1.29 is 19.8 Å². The van der Waals surface area contributed by atoms with Gasteiger partial charge in [-0.25, -0.2) is 9.78 Å². The third-order valence-electron chi connectivity index (χ3n) is 2.13. The fraction of sp³-hybridized carbons (Fsp3) is 0.100. The molecule has 0 spiro atoms. The molecule has 82 valence electrons. The number of nitrogens with zero attached hydrogens (tertiary/aromatic N) is 2. The minimum absolute atomic E-state index is 0.128. The average Bonchev–Trinajstić information content (AvgIpc) is 2.57. The summed E-state index contributed by atoms with van der Waals surface area (Å²) in [4.78, 5) is 25.3. The third-order valence-corrected chi connectivity index (χ3v) is 2.13. The summed E-state index contributed by atoms with van der Waals surface area (Å²) in [6.07, 6.45) is 1.28. The first-order valence-electron chi connectivity index (χ1n) is 4.50. The first-order chi connectivity index (χ1) is 7.59. The maximum absolute atomic E-state index is 10.9. The molecular formula is C10H8N2O4. The number of carbonyl (C=O) groups is 2. The zero-order valence-electron chi connectivity index (χ0n) is 8.12. The van der Waals surface area contributed by atoms with Crippen LogP contribution in [0.2, 0.25) is 0 Å². The minimum atomic E-state index is -1.17. The molecule has 2 heterocycles. The predicted octanol–water partition coefficient (Wildman–Crippen LogP) is 0.660. The Balaban J connectivity index is 2.66. The Morgan fingerprint density at radius 3 is 2.69 bits per heavy atom. The molecule has 0 aliphatic carbocycles. The van der Waals surface area contributed by atoms with Crippen molar-refractivity contribution in [1.82, 2.24) is 9.38 Å². The second kappa shape index (κ2) is 3.65. The van der Waals surface area contributed by atoms with Gasteiger partial charge in [-0.3, -0.25) is 4.79 Å². The van der Waals surface area contributed by atoms with Crippen LogP contribution in [0.4, 0.5) is 0 Å². The highest BCUT2D eigenvalue weighted by Gasteiger charge is 2.17. The molecule has 6 nitrogen and oxygen atoms in total. The topological polar surface area (TPSA) is 91.9 Å². The van der Waals surface area contributed by atoms with Crippen LogP contribution in [0.25, 0.3) is 5.52 Å². The molecule has 0 fully saturated rings. The maximum atomic E-state index is 10.9. The van der Waals surface area contributed by atoms with Crippen LogP contribution >= 0.6 is 0 Å². The van der Waals surface area contributed by atoms with E-state index in [0.717, 1.165) is 0 Å². The van der Waals surface area contributed by atoms with Crippen LogP contribution in [0.1, 0.15) is 16.3 Å². The van der Waals surface area contributed by atoms with Crippen LogP contribution in [-0.2, 0) is 11.2 Å². The number of aliphatic carboxylic acids is 1. The van der Waals surface area contributed by atoms with Gasteiger partial charge in [0.05, 0.1) is 5.52 Å². The van der Waals surface area contributed by atoms with Gasteiger partial charge in [0.1, 0.15) is 12.2 Å². The zero-order chi connectivity index (χ0) is 11.7. The molecule has 0 bridgehead atoms. The first kappa shape index (κ1) is 10.2. The quantitative estimate of drug-likeness (QED) is 0.792. The van der Waals surface area contributed by atoms with Crippen molar-refractivity contribution in [2.24, 2.45) is 0 Å². The van der Waals surface area contributed by atoms with Gasteiger partial charge in [0.15, 0.2) is 5.69 Å². The molecule has 6 heteroatoms. The Hall–Kier alpha value is -2.37. The number of imidazole rings is 1. The summed E-state index contributed by atoms with van der Waals surface area (Å²) in [5.41, 5.74) is 0.267. The number of aromatic carboxylic acids is 1. The van der Waals surface area contributed by atoms with Crippen molar-refractivity contribution in [2.45, 2.75) is 6.42 Å². The van der Waals surface area contributed by atoms with Crippen LogP contribution in [-0.4, -0.2) is 31.5 Å². The summed E-state index contributed by atoms with van der Waals surface area (Å²) in [5, 5.41) is 17.6. The SMILES string of the molecule is O=C(O)Cc1nc(C(=O)O)c2ccccn12. The highest BCUT2D eigenvalue weighted by atomic mass is 16.4. The number of rotatable bonds is 3. The van der Waals surface area contributed by atoms with Gasteiger partial charge in [-0.1, -0.05) is 6.07 Å². The Kier molecular flexibility index (Phi) is 2.32. The van der Waals surface area contributed by atoms with E-state index in [1.807, 2.05) is 0 Å². The lowest BCUT2D eigenvalue weighted by Crippen LogP contribution is -2.04. The number of carboxylic acid groups (broad SMARTS) is 2. The molecule has 0 amide bonds. The van der Waals surface area contributed by atoms with E-state index in [1.54, 1.807) is 24.4 Å². The number of aromatic nitrogens is 2. The standard InChI is InChI=1S/C10H8N2O4/c13-8(14)5-7-11-9(10(15)16)6-3-1-2-4-12(6)7/h1-4H,5H2,(H,13,14)(H,15,16). The molecule has 0 atom stereocenters. The van der Waals surface area contributed by atoms with Gasteiger partial charge >= 0.3 is 11.9 Å². The van der Waals surface area contributed by atoms with Crippen molar-refractivity contribution in [1.29, 1.82) is 0 Å². The number of hydrogen-bond acceptors (Lipinski definition) is 3. The van der Waals surface area contributed by atoms with Crippen LogP contribution in [0.3, 0.4) is 0 Å². The summed E-state index contributed by atoms with van der Waals surface area (Å²) < 4.78 is 1.47. The molecule has 0 unspecified atom stereocenters. The molecule has 2 rings (SSSR count). The Bertz CT molecular complexity index is 573. The zero-order valence-corrected chi connectivity index (χ0v) is 8.12. The fourth-order valence-corrected chi connectivity index (χ4v) is 1.52. The van der Waals surface area contributed by atoms with Crippen molar-refractivity contribution in [2.75, 3.05) is 0 Å². The van der Waals surface area contributed by atoms with E-state index in [-0.39, 0.29) is 17.9 Å². The van der Waals surface area contributed by atoms with Crippen molar-refractivity contribution in [3.63, 3.8) is 0 Å². The highest BCUT2D eigenvalue weighted by Crippen LogP contribution is 2.13. The van der Waals surface area contributed by atoms with Gasteiger partial charge in [-0.2, -0.15) is 0 Å². The molecule has 0 saturated heterocycles. The van der Waals surface area contributed by atoms with E-state index < -0.39 is 11.9 Å². The molecule has 0 aromatic carbocycles. The number of hydrogen-bond donors (Lipinski definition) is 2. The average molecular weight is 220 g/mol. The van der Waals surface area contributed by atoms with Crippen molar-refractivity contribution >= 4 is 17.5 Å². The first-order valence-corrected chi connectivity index (χ1v) is 4.50. The summed E-state index contributed by atoms with van der Waals surface area (Å²) >= 11 is 0.